The Morgan fingerprint density at radius 2 is 1.97 bits per heavy atom. The van der Waals surface area contributed by atoms with Gasteiger partial charge in [-0.3, -0.25) is 4.90 Å². The average molecular weight is 434 g/mol. The molecule has 0 saturated carbocycles. The molecule has 2 aliphatic rings. The van der Waals surface area contributed by atoms with Gasteiger partial charge in [0.05, 0.1) is 23.2 Å². The van der Waals surface area contributed by atoms with Crippen LogP contribution in [0.2, 0.25) is 0 Å². The van der Waals surface area contributed by atoms with Gasteiger partial charge in [0.1, 0.15) is 24.9 Å². The molecule has 4 rings (SSSR count). The van der Waals surface area contributed by atoms with Gasteiger partial charge >= 0.3 is 0 Å². The molecule has 0 bridgehead atoms. The van der Waals surface area contributed by atoms with Crippen LogP contribution in [0.4, 0.5) is 5.82 Å². The van der Waals surface area contributed by atoms with Crippen LogP contribution in [0.3, 0.4) is 0 Å². The van der Waals surface area contributed by atoms with Gasteiger partial charge in [0.15, 0.2) is 11.5 Å². The number of hydrogen-bond acceptors (Lipinski definition) is 8. The molecule has 30 heavy (non-hydrogen) atoms. The average Bonchev–Trinajstić information content (AvgIpc) is 3.19. The van der Waals surface area contributed by atoms with Crippen molar-refractivity contribution in [3.8, 4) is 11.5 Å². The third kappa shape index (κ3) is 4.07. The van der Waals surface area contributed by atoms with E-state index in [1.165, 1.54) is 16.4 Å². The molecular formula is C20H27N5O4S. The summed E-state index contributed by atoms with van der Waals surface area (Å²) < 4.78 is 38.6. The minimum atomic E-state index is -3.73. The Morgan fingerprint density at radius 1 is 1.20 bits per heavy atom. The Hall–Kier alpha value is -2.43. The highest BCUT2D eigenvalue weighted by Crippen LogP contribution is 2.33. The van der Waals surface area contributed by atoms with Crippen molar-refractivity contribution >= 4 is 15.8 Å². The topological polar surface area (TPSA) is 96.9 Å². The Labute approximate surface area is 177 Å². The summed E-state index contributed by atoms with van der Waals surface area (Å²) in [6.07, 6.45) is 2.09. The fourth-order valence-electron chi connectivity index (χ4n) is 3.79. The highest BCUT2D eigenvalue weighted by Gasteiger charge is 2.28. The highest BCUT2D eigenvalue weighted by molar-refractivity contribution is 7.89. The number of nitrogens with one attached hydrogen (secondary N) is 1. The van der Waals surface area contributed by atoms with Gasteiger partial charge in [0.25, 0.3) is 0 Å². The van der Waals surface area contributed by atoms with Gasteiger partial charge in [-0.15, -0.1) is 0 Å². The van der Waals surface area contributed by atoms with Crippen LogP contribution in [-0.4, -0.2) is 68.5 Å². The number of ether oxygens (including phenoxy) is 2. The van der Waals surface area contributed by atoms with Gasteiger partial charge < -0.3 is 14.8 Å². The molecular weight excluding hydrogens is 406 g/mol. The molecule has 1 aromatic carbocycles. The zero-order valence-electron chi connectivity index (χ0n) is 17.5. The number of benzene rings is 1. The molecule has 2 aliphatic heterocycles. The lowest BCUT2D eigenvalue weighted by atomic mass is 10.2. The maximum absolute atomic E-state index is 13.1. The molecule has 1 aromatic heterocycles. The number of nitrogens with zero attached hydrogens (tertiary/aromatic N) is 4. The second-order valence-electron chi connectivity index (χ2n) is 7.56. The van der Waals surface area contributed by atoms with E-state index in [-0.39, 0.29) is 17.5 Å². The molecule has 1 fully saturated rings. The zero-order chi connectivity index (χ0) is 21.3. The van der Waals surface area contributed by atoms with Crippen molar-refractivity contribution in [1.82, 2.24) is 19.2 Å². The fourth-order valence-corrected chi connectivity index (χ4v) is 4.95. The maximum Gasteiger partial charge on any atom is 0.243 e. The molecule has 0 aliphatic carbocycles. The smallest absolute Gasteiger partial charge is 0.243 e. The summed E-state index contributed by atoms with van der Waals surface area (Å²) >= 11 is 0. The predicted octanol–water partition coefficient (Wildman–Crippen LogP) is 1.88. The molecule has 0 spiro atoms. The Morgan fingerprint density at radius 3 is 2.67 bits per heavy atom. The molecule has 0 amide bonds. The van der Waals surface area contributed by atoms with E-state index in [9.17, 15) is 8.42 Å². The first-order valence-electron chi connectivity index (χ1n) is 10.0. The fraction of sp³-hybridized carbons (Fsp3) is 0.500. The molecule has 1 saturated heterocycles. The number of aromatic nitrogens is 2. The van der Waals surface area contributed by atoms with Crippen LogP contribution in [0.1, 0.15) is 30.4 Å². The van der Waals surface area contributed by atoms with E-state index < -0.39 is 10.0 Å². The third-order valence-electron chi connectivity index (χ3n) is 5.48. The van der Waals surface area contributed by atoms with Crippen LogP contribution in [0.25, 0.3) is 0 Å². The van der Waals surface area contributed by atoms with Gasteiger partial charge in [-0.05, 0) is 38.6 Å². The lowest BCUT2D eigenvalue weighted by Crippen LogP contribution is -2.28. The maximum atomic E-state index is 13.1. The lowest BCUT2D eigenvalue weighted by molar-refractivity contribution is 0.171. The van der Waals surface area contributed by atoms with Crippen molar-refractivity contribution < 1.29 is 17.9 Å². The van der Waals surface area contributed by atoms with Gasteiger partial charge in [0.2, 0.25) is 10.0 Å². The van der Waals surface area contributed by atoms with Crippen molar-refractivity contribution in [3.63, 3.8) is 0 Å². The summed E-state index contributed by atoms with van der Waals surface area (Å²) in [6.45, 7) is 2.00. The molecule has 1 unspecified atom stereocenters. The van der Waals surface area contributed by atoms with E-state index in [4.69, 9.17) is 9.47 Å². The molecule has 162 valence electrons. The molecule has 2 aromatic rings. The summed E-state index contributed by atoms with van der Waals surface area (Å²) in [6, 6.07) is 6.62. The van der Waals surface area contributed by atoms with Crippen LogP contribution in [0, 0.1) is 0 Å². The molecule has 10 heteroatoms. The monoisotopic (exact) mass is 433 g/mol. The number of rotatable bonds is 6. The van der Waals surface area contributed by atoms with Crippen molar-refractivity contribution in [2.24, 2.45) is 0 Å². The van der Waals surface area contributed by atoms with Gasteiger partial charge in [-0.2, -0.15) is 4.31 Å². The minimum absolute atomic E-state index is 0.136. The van der Waals surface area contributed by atoms with Gasteiger partial charge in [-0.25, -0.2) is 18.4 Å². The lowest BCUT2D eigenvalue weighted by Gasteiger charge is -2.22. The van der Waals surface area contributed by atoms with Crippen LogP contribution < -0.4 is 14.8 Å². The van der Waals surface area contributed by atoms with Crippen LogP contribution >= 0.6 is 0 Å². The standard InChI is InChI=1S/C20H27N5O4S/c1-21-19-11-14(22-20(23-19)16-5-4-8-24(16)2)13-25(3)30(26,27)15-6-7-17-18(12-15)29-10-9-28-17/h6-7,11-12,16H,4-5,8-10,13H2,1-3H3,(H,21,22,23). The molecule has 1 atom stereocenters. The number of sulfonamides is 1. The second kappa shape index (κ2) is 8.37. The largest absolute Gasteiger partial charge is 0.486 e. The summed E-state index contributed by atoms with van der Waals surface area (Å²) in [5.74, 6) is 2.41. The van der Waals surface area contributed by atoms with Crippen LogP contribution in [0.15, 0.2) is 29.2 Å². The van der Waals surface area contributed by atoms with Crippen molar-refractivity contribution in [1.29, 1.82) is 0 Å². The quantitative estimate of drug-likeness (QED) is 0.738. The first kappa shape index (κ1) is 20.8. The Bertz CT molecular complexity index is 1030. The molecule has 1 N–H and O–H groups in total. The SMILES string of the molecule is CNc1cc(CN(C)S(=O)(=O)c2ccc3c(c2)OCCO3)nc(C2CCCN2C)n1. The van der Waals surface area contributed by atoms with Gasteiger partial charge in [0, 0.05) is 26.2 Å². The van der Waals surface area contributed by atoms with Gasteiger partial charge in [-0.1, -0.05) is 0 Å². The summed E-state index contributed by atoms with van der Waals surface area (Å²) in [7, 11) is 1.68. The van der Waals surface area contributed by atoms with Crippen LogP contribution in [-0.2, 0) is 16.6 Å². The van der Waals surface area contributed by atoms with E-state index >= 15 is 0 Å². The highest BCUT2D eigenvalue weighted by atomic mass is 32.2. The second-order valence-corrected chi connectivity index (χ2v) is 9.60. The van der Waals surface area contributed by atoms with E-state index in [1.54, 1.807) is 26.2 Å². The summed E-state index contributed by atoms with van der Waals surface area (Å²) in [5.41, 5.74) is 0.647. The molecule has 3 heterocycles. The van der Waals surface area contributed by atoms with Crippen LogP contribution in [0.5, 0.6) is 11.5 Å². The first-order chi connectivity index (χ1) is 14.4. The molecule has 0 radical (unpaired) electrons. The number of likely N-dealkylation sites (tertiary alicyclic amines) is 1. The number of hydrogen-bond donors (Lipinski definition) is 1. The Kier molecular flexibility index (Phi) is 5.81. The van der Waals surface area contributed by atoms with Crippen molar-refractivity contribution in [3.05, 3.63) is 35.8 Å². The van der Waals surface area contributed by atoms with Crippen molar-refractivity contribution in [2.75, 3.05) is 46.2 Å². The Balaban J connectivity index is 1.59. The van der Waals surface area contributed by atoms with E-state index in [1.807, 2.05) is 0 Å². The normalized spacial score (nSPS) is 19.3. The summed E-state index contributed by atoms with van der Waals surface area (Å²) in [4.78, 5) is 11.7. The van der Waals surface area contributed by atoms with Crippen molar-refractivity contribution in [2.45, 2.75) is 30.3 Å². The first-order valence-corrected chi connectivity index (χ1v) is 11.4. The van der Waals surface area contributed by atoms with E-state index in [0.29, 0.717) is 36.2 Å². The third-order valence-corrected chi connectivity index (χ3v) is 7.28. The van der Waals surface area contributed by atoms with E-state index in [0.717, 1.165) is 25.2 Å². The molecule has 9 nitrogen and oxygen atoms in total. The minimum Gasteiger partial charge on any atom is -0.486 e. The number of fused-ring (bicyclic) bond motifs is 1. The zero-order valence-corrected chi connectivity index (χ0v) is 18.3. The predicted molar refractivity (Wildman–Crippen MR) is 112 cm³/mol. The summed E-state index contributed by atoms with van der Waals surface area (Å²) in [5, 5.41) is 3.06. The number of anilines is 1. The van der Waals surface area contributed by atoms with E-state index in [2.05, 4.69) is 27.2 Å².